The number of anilines is 4. The topological polar surface area (TPSA) is 114 Å². The van der Waals surface area contributed by atoms with Crippen molar-refractivity contribution in [3.8, 4) is 11.5 Å². The third kappa shape index (κ3) is 6.31. The highest BCUT2D eigenvalue weighted by Gasteiger charge is 2.15. The highest BCUT2D eigenvalue weighted by atomic mass is 35.5. The molecule has 1 heterocycles. The third-order valence-electron chi connectivity index (χ3n) is 5.79. The monoisotopic (exact) mass is 573 g/mol. The first-order valence-corrected chi connectivity index (χ1v) is 13.6. The van der Waals surface area contributed by atoms with Crippen molar-refractivity contribution >= 4 is 62.5 Å². The van der Waals surface area contributed by atoms with Gasteiger partial charge in [0.2, 0.25) is 0 Å². The fourth-order valence-corrected chi connectivity index (χ4v) is 4.81. The number of halogens is 1. The minimum Gasteiger partial charge on any atom is -0.497 e. The number of para-hydroxylation sites is 2. The van der Waals surface area contributed by atoms with E-state index in [9.17, 15) is 9.00 Å². The predicted molar refractivity (Wildman–Crippen MR) is 158 cm³/mol. The molecule has 1 unspecified atom stereocenters. The maximum absolute atomic E-state index is 13.4. The molecule has 1 aromatic heterocycles. The van der Waals surface area contributed by atoms with Crippen LogP contribution in [0.3, 0.4) is 0 Å². The van der Waals surface area contributed by atoms with Gasteiger partial charge in [-0.15, -0.1) is 0 Å². The number of hydrogen-bond acceptors (Lipinski definition) is 7. The lowest BCUT2D eigenvalue weighted by Crippen LogP contribution is -2.13. The average molecular weight is 574 g/mol. The summed E-state index contributed by atoms with van der Waals surface area (Å²) in [5.74, 6) is 1.49. The van der Waals surface area contributed by atoms with Gasteiger partial charge in [-0.3, -0.25) is 9.52 Å². The van der Waals surface area contributed by atoms with Crippen molar-refractivity contribution in [2.24, 2.45) is 0 Å². The molecule has 202 valence electrons. The van der Waals surface area contributed by atoms with Gasteiger partial charge in [0.1, 0.15) is 11.5 Å². The molecule has 3 N–H and O–H groups in total. The van der Waals surface area contributed by atoms with Crippen LogP contribution in [0.25, 0.3) is 11.0 Å². The molecule has 0 aliphatic rings. The van der Waals surface area contributed by atoms with Crippen molar-refractivity contribution in [2.75, 3.05) is 29.6 Å². The molecule has 0 aliphatic carbocycles. The number of carbonyl (C=O) groups excluding carboxylic acids is 1. The van der Waals surface area contributed by atoms with Gasteiger partial charge in [0.15, 0.2) is 22.6 Å². The molecule has 0 radical (unpaired) electrons. The van der Waals surface area contributed by atoms with Crippen LogP contribution in [0.15, 0.2) is 95.9 Å². The van der Waals surface area contributed by atoms with E-state index in [-0.39, 0.29) is 11.7 Å². The molecular weight excluding hydrogens is 550 g/mol. The molecular formula is C29H24ClN5O4S. The van der Waals surface area contributed by atoms with Crippen molar-refractivity contribution in [3.63, 3.8) is 0 Å². The van der Waals surface area contributed by atoms with E-state index < -0.39 is 11.0 Å². The van der Waals surface area contributed by atoms with E-state index in [1.54, 1.807) is 80.9 Å². The fraction of sp³-hybridized carbons (Fsp3) is 0.0690. The number of nitrogens with zero attached hydrogens (tertiary/aromatic N) is 2. The number of aromatic nitrogens is 2. The van der Waals surface area contributed by atoms with Crippen LogP contribution in [0.2, 0.25) is 5.02 Å². The first-order chi connectivity index (χ1) is 19.4. The van der Waals surface area contributed by atoms with E-state index in [2.05, 4.69) is 20.3 Å². The molecule has 0 spiro atoms. The highest BCUT2D eigenvalue weighted by Crippen LogP contribution is 2.31. The Hall–Kier alpha value is -4.67. The number of hydrogen-bond donors (Lipinski definition) is 3. The van der Waals surface area contributed by atoms with Gasteiger partial charge in [-0.2, -0.15) is 0 Å². The van der Waals surface area contributed by atoms with Crippen molar-refractivity contribution in [1.82, 2.24) is 9.97 Å². The Labute approximate surface area is 238 Å². The molecule has 5 rings (SSSR count). The van der Waals surface area contributed by atoms with Gasteiger partial charge >= 0.3 is 0 Å². The van der Waals surface area contributed by atoms with Crippen LogP contribution in [-0.4, -0.2) is 34.3 Å². The van der Waals surface area contributed by atoms with E-state index >= 15 is 0 Å². The third-order valence-corrected chi connectivity index (χ3v) is 7.10. The number of methoxy groups -OCH3 is 2. The Kier molecular flexibility index (Phi) is 8.09. The van der Waals surface area contributed by atoms with Crippen LogP contribution < -0.4 is 24.8 Å². The van der Waals surface area contributed by atoms with Gasteiger partial charge in [-0.25, -0.2) is 14.2 Å². The fourth-order valence-electron chi connectivity index (χ4n) is 3.82. The normalized spacial score (nSPS) is 11.5. The summed E-state index contributed by atoms with van der Waals surface area (Å²) in [6.45, 7) is 0. The van der Waals surface area contributed by atoms with Crippen LogP contribution >= 0.6 is 11.6 Å². The first-order valence-electron chi connectivity index (χ1n) is 12.0. The van der Waals surface area contributed by atoms with Crippen LogP contribution in [0.1, 0.15) is 10.4 Å². The van der Waals surface area contributed by atoms with Gasteiger partial charge in [-0.05, 0) is 54.6 Å². The van der Waals surface area contributed by atoms with Gasteiger partial charge in [-0.1, -0.05) is 29.8 Å². The number of fused-ring (bicyclic) bond motifs is 1. The molecule has 11 heteroatoms. The molecule has 1 atom stereocenters. The number of ether oxygens (including phenoxy) is 2. The van der Waals surface area contributed by atoms with Crippen molar-refractivity contribution in [3.05, 3.63) is 102 Å². The van der Waals surface area contributed by atoms with E-state index in [4.69, 9.17) is 26.1 Å². The lowest BCUT2D eigenvalue weighted by atomic mass is 10.2. The second-order valence-corrected chi connectivity index (χ2v) is 10.1. The molecule has 40 heavy (non-hydrogen) atoms. The minimum atomic E-state index is -1.74. The zero-order chi connectivity index (χ0) is 28.1. The second-order valence-electron chi connectivity index (χ2n) is 8.50. The standard InChI is InChI=1S/C29H24ClN5O4S/c1-38-22-14-21(15-23(17-22)39-2)31-27-28(34-26-9-4-3-8-25(26)33-27)35-40(37)24-7-5-6-20(16-24)32-29(36)18-10-12-19(30)13-11-18/h3-17H,1-2H3,(H,31,33)(H,32,36)(H,34,35). The molecule has 1 amide bonds. The SMILES string of the molecule is COc1cc(Nc2nc3ccccc3nc2NS(=O)c2cccc(NC(=O)c3ccc(Cl)cc3)c2)cc(OC)c1. The maximum atomic E-state index is 13.4. The molecule has 0 saturated carbocycles. The predicted octanol–water partition coefficient (Wildman–Crippen LogP) is 6.43. The van der Waals surface area contributed by atoms with E-state index in [1.165, 1.54) is 0 Å². The zero-order valence-electron chi connectivity index (χ0n) is 21.5. The van der Waals surface area contributed by atoms with Crippen molar-refractivity contribution < 1.29 is 18.5 Å². The van der Waals surface area contributed by atoms with Gasteiger partial charge in [0.25, 0.3) is 5.91 Å². The zero-order valence-corrected chi connectivity index (χ0v) is 23.0. The molecule has 0 fully saturated rings. The van der Waals surface area contributed by atoms with Crippen LogP contribution in [0, 0.1) is 0 Å². The van der Waals surface area contributed by atoms with Crippen LogP contribution in [-0.2, 0) is 11.0 Å². The average Bonchev–Trinajstić information content (AvgIpc) is 2.97. The summed E-state index contributed by atoms with van der Waals surface area (Å²) in [5.41, 5.74) is 2.86. The van der Waals surface area contributed by atoms with Crippen LogP contribution in [0.5, 0.6) is 11.5 Å². The van der Waals surface area contributed by atoms with Crippen LogP contribution in [0.4, 0.5) is 23.0 Å². The van der Waals surface area contributed by atoms with Gasteiger partial charge in [0.05, 0.1) is 30.1 Å². The molecule has 4 aromatic carbocycles. The molecule has 5 aromatic rings. The highest BCUT2D eigenvalue weighted by molar-refractivity contribution is 7.86. The van der Waals surface area contributed by atoms with E-state index in [1.807, 2.05) is 24.3 Å². The van der Waals surface area contributed by atoms with E-state index in [0.717, 1.165) is 0 Å². The number of benzene rings is 4. The maximum Gasteiger partial charge on any atom is 0.255 e. The number of amides is 1. The molecule has 9 nitrogen and oxygen atoms in total. The Morgan fingerprint density at radius 3 is 2.08 bits per heavy atom. The Balaban J connectivity index is 1.42. The van der Waals surface area contributed by atoms with E-state index in [0.29, 0.717) is 55.2 Å². The van der Waals surface area contributed by atoms with Crippen molar-refractivity contribution in [1.29, 1.82) is 0 Å². The summed E-state index contributed by atoms with van der Waals surface area (Å²) in [6.07, 6.45) is 0. The number of nitrogens with one attached hydrogen (secondary N) is 3. The summed E-state index contributed by atoms with van der Waals surface area (Å²) >= 11 is 5.92. The molecule has 0 saturated heterocycles. The quantitative estimate of drug-likeness (QED) is 0.186. The summed E-state index contributed by atoms with van der Waals surface area (Å²) in [5, 5.41) is 6.59. The molecule has 0 aliphatic heterocycles. The summed E-state index contributed by atoms with van der Waals surface area (Å²) < 4.78 is 27.1. The second kappa shape index (κ2) is 12.0. The lowest BCUT2D eigenvalue weighted by molar-refractivity contribution is 0.102. The van der Waals surface area contributed by atoms with Gasteiger partial charge < -0.3 is 20.1 Å². The summed E-state index contributed by atoms with van der Waals surface area (Å²) in [6, 6.07) is 26.0. The first kappa shape index (κ1) is 26.9. The minimum absolute atomic E-state index is 0.273. The Morgan fingerprint density at radius 2 is 1.43 bits per heavy atom. The smallest absolute Gasteiger partial charge is 0.255 e. The van der Waals surface area contributed by atoms with Gasteiger partial charge in [0, 0.05) is 40.2 Å². The largest absolute Gasteiger partial charge is 0.497 e. The number of carbonyl (C=O) groups is 1. The molecule has 0 bridgehead atoms. The summed E-state index contributed by atoms with van der Waals surface area (Å²) in [4.78, 5) is 22.4. The Bertz CT molecular complexity index is 1690. The number of rotatable bonds is 9. The summed E-state index contributed by atoms with van der Waals surface area (Å²) in [7, 11) is 1.39. The lowest BCUT2D eigenvalue weighted by Gasteiger charge is -2.15. The Morgan fingerprint density at radius 1 is 0.775 bits per heavy atom. The van der Waals surface area contributed by atoms with Crippen molar-refractivity contribution in [2.45, 2.75) is 4.90 Å².